The molecule has 1 aliphatic heterocycles. The van der Waals surface area contributed by atoms with E-state index in [1.807, 2.05) is 7.05 Å². The minimum Gasteiger partial charge on any atom is -0.344 e. The zero-order chi connectivity index (χ0) is 12.3. The lowest BCUT2D eigenvalue weighted by Crippen LogP contribution is -2.37. The molecule has 1 aliphatic rings. The molecule has 2 rings (SSSR count). The molecule has 4 nitrogen and oxygen atoms in total. The summed E-state index contributed by atoms with van der Waals surface area (Å²) in [4.78, 5) is 9.45. The Labute approximate surface area is 108 Å². The molecule has 0 saturated carbocycles. The maximum absolute atomic E-state index is 4.70. The van der Waals surface area contributed by atoms with Crippen LogP contribution in [-0.4, -0.2) is 50.2 Å². The van der Waals surface area contributed by atoms with E-state index in [1.54, 1.807) is 11.3 Å². The summed E-state index contributed by atoms with van der Waals surface area (Å²) in [6, 6.07) is 0.638. The van der Waals surface area contributed by atoms with Gasteiger partial charge in [-0.25, -0.2) is 4.98 Å². The van der Waals surface area contributed by atoms with Crippen LogP contribution in [0.5, 0.6) is 0 Å². The Morgan fingerprint density at radius 1 is 1.59 bits per heavy atom. The Morgan fingerprint density at radius 3 is 3.12 bits per heavy atom. The van der Waals surface area contributed by atoms with E-state index in [0.717, 1.165) is 25.3 Å². The number of rotatable bonds is 5. The molecule has 1 N–H and O–H groups in total. The molecule has 17 heavy (non-hydrogen) atoms. The second kappa shape index (κ2) is 5.80. The van der Waals surface area contributed by atoms with Crippen LogP contribution in [0.2, 0.25) is 0 Å². The highest BCUT2D eigenvalue weighted by Gasteiger charge is 2.26. The van der Waals surface area contributed by atoms with Gasteiger partial charge in [0.05, 0.1) is 5.69 Å². The van der Waals surface area contributed by atoms with Crippen LogP contribution in [0.1, 0.15) is 18.5 Å². The summed E-state index contributed by atoms with van der Waals surface area (Å²) in [6.45, 7) is 3.15. The van der Waals surface area contributed by atoms with Crippen molar-refractivity contribution in [1.82, 2.24) is 15.2 Å². The van der Waals surface area contributed by atoms with Crippen molar-refractivity contribution in [3.63, 3.8) is 0 Å². The van der Waals surface area contributed by atoms with Crippen molar-refractivity contribution in [2.45, 2.75) is 25.4 Å². The quantitative estimate of drug-likeness (QED) is 0.860. The van der Waals surface area contributed by atoms with Crippen LogP contribution in [0.25, 0.3) is 0 Å². The first-order valence-corrected chi connectivity index (χ1v) is 7.09. The van der Waals surface area contributed by atoms with Gasteiger partial charge in [0.2, 0.25) is 0 Å². The number of nitrogens with zero attached hydrogens (tertiary/aromatic N) is 3. The van der Waals surface area contributed by atoms with Crippen LogP contribution < -0.4 is 10.2 Å². The molecule has 0 radical (unpaired) electrons. The lowest BCUT2D eigenvalue weighted by atomic mass is 10.2. The third kappa shape index (κ3) is 3.18. The average Bonchev–Trinajstić information content (AvgIpc) is 2.86. The number of likely N-dealkylation sites (N-methyl/N-ethyl adjacent to an activating group) is 1. The molecule has 1 aromatic heterocycles. The molecule has 0 amide bonds. The van der Waals surface area contributed by atoms with Crippen LogP contribution in [0.15, 0.2) is 5.38 Å². The summed E-state index contributed by atoms with van der Waals surface area (Å²) < 4.78 is 0. The first-order chi connectivity index (χ1) is 8.20. The molecule has 1 unspecified atom stereocenters. The maximum atomic E-state index is 4.70. The number of aromatic nitrogens is 1. The van der Waals surface area contributed by atoms with Gasteiger partial charge in [0.1, 0.15) is 0 Å². The highest BCUT2D eigenvalue weighted by Crippen LogP contribution is 2.28. The molecule has 1 saturated heterocycles. The topological polar surface area (TPSA) is 31.4 Å². The molecule has 2 heterocycles. The number of hydrogen-bond acceptors (Lipinski definition) is 5. The fraction of sp³-hybridized carbons (Fsp3) is 0.750. The number of anilines is 1. The number of thiazole rings is 1. The predicted octanol–water partition coefficient (Wildman–Crippen LogP) is 1.39. The van der Waals surface area contributed by atoms with Gasteiger partial charge in [-0.15, -0.1) is 11.3 Å². The van der Waals surface area contributed by atoms with Crippen molar-refractivity contribution in [2.24, 2.45) is 0 Å². The fourth-order valence-electron chi connectivity index (χ4n) is 2.39. The standard InChI is InChI=1S/C12H22N4S/c1-13-7-10-9-17-12(14-10)16-6-4-5-11(16)8-15(2)3/h9,11,13H,4-8H2,1-3H3. The maximum Gasteiger partial charge on any atom is 0.185 e. The van der Waals surface area contributed by atoms with Crippen LogP contribution in [0.3, 0.4) is 0 Å². The van der Waals surface area contributed by atoms with Gasteiger partial charge in [-0.2, -0.15) is 0 Å². The van der Waals surface area contributed by atoms with Crippen molar-refractivity contribution in [3.8, 4) is 0 Å². The van der Waals surface area contributed by atoms with E-state index < -0.39 is 0 Å². The highest BCUT2D eigenvalue weighted by molar-refractivity contribution is 7.13. The number of nitrogens with one attached hydrogen (secondary N) is 1. The molecule has 0 bridgehead atoms. The van der Waals surface area contributed by atoms with Gasteiger partial charge in [-0.3, -0.25) is 0 Å². The molecular formula is C12H22N4S. The molecule has 5 heteroatoms. The molecule has 96 valence electrons. The summed E-state index contributed by atoms with van der Waals surface area (Å²) in [7, 11) is 6.25. The van der Waals surface area contributed by atoms with Crippen molar-refractivity contribution in [2.75, 3.05) is 39.1 Å². The molecule has 1 fully saturated rings. The number of hydrogen-bond donors (Lipinski definition) is 1. The Kier molecular flexibility index (Phi) is 4.36. The normalized spacial score (nSPS) is 20.5. The smallest absolute Gasteiger partial charge is 0.185 e. The molecule has 1 atom stereocenters. The second-order valence-corrected chi connectivity index (χ2v) is 5.74. The Balaban J connectivity index is 2.03. The van der Waals surface area contributed by atoms with Crippen LogP contribution in [-0.2, 0) is 6.54 Å². The first kappa shape index (κ1) is 12.8. The predicted molar refractivity (Wildman–Crippen MR) is 73.8 cm³/mol. The monoisotopic (exact) mass is 254 g/mol. The largest absolute Gasteiger partial charge is 0.344 e. The van der Waals surface area contributed by atoms with Gasteiger partial charge in [0.15, 0.2) is 5.13 Å². The summed E-state index contributed by atoms with van der Waals surface area (Å²) in [6.07, 6.45) is 2.58. The second-order valence-electron chi connectivity index (χ2n) is 4.90. The van der Waals surface area contributed by atoms with E-state index in [2.05, 4.69) is 34.6 Å². The zero-order valence-corrected chi connectivity index (χ0v) is 11.8. The Morgan fingerprint density at radius 2 is 2.41 bits per heavy atom. The summed E-state index contributed by atoms with van der Waals surface area (Å²) in [5.41, 5.74) is 1.16. The third-order valence-corrected chi connectivity index (χ3v) is 4.02. The Hall–Kier alpha value is -0.650. The van der Waals surface area contributed by atoms with E-state index in [0.29, 0.717) is 6.04 Å². The van der Waals surface area contributed by atoms with Gasteiger partial charge in [0, 0.05) is 31.1 Å². The lowest BCUT2D eigenvalue weighted by molar-refractivity contribution is 0.372. The van der Waals surface area contributed by atoms with E-state index in [9.17, 15) is 0 Å². The average molecular weight is 254 g/mol. The first-order valence-electron chi connectivity index (χ1n) is 6.21. The van der Waals surface area contributed by atoms with Crippen molar-refractivity contribution in [1.29, 1.82) is 0 Å². The minimum absolute atomic E-state index is 0.638. The van der Waals surface area contributed by atoms with E-state index in [-0.39, 0.29) is 0 Å². The van der Waals surface area contributed by atoms with Crippen LogP contribution in [0, 0.1) is 0 Å². The van der Waals surface area contributed by atoms with E-state index in [4.69, 9.17) is 4.98 Å². The summed E-state index contributed by atoms with van der Waals surface area (Å²) >= 11 is 1.77. The minimum atomic E-state index is 0.638. The van der Waals surface area contributed by atoms with Gasteiger partial charge in [-0.1, -0.05) is 0 Å². The van der Waals surface area contributed by atoms with Crippen LogP contribution in [0.4, 0.5) is 5.13 Å². The van der Waals surface area contributed by atoms with Crippen molar-refractivity contribution < 1.29 is 0 Å². The van der Waals surface area contributed by atoms with Gasteiger partial charge >= 0.3 is 0 Å². The zero-order valence-electron chi connectivity index (χ0n) is 10.9. The summed E-state index contributed by atoms with van der Waals surface area (Å²) in [5.74, 6) is 0. The van der Waals surface area contributed by atoms with Gasteiger partial charge in [0.25, 0.3) is 0 Å². The van der Waals surface area contributed by atoms with E-state index >= 15 is 0 Å². The lowest BCUT2D eigenvalue weighted by Gasteiger charge is -2.26. The van der Waals surface area contributed by atoms with Crippen LogP contribution >= 0.6 is 11.3 Å². The SMILES string of the molecule is CNCc1csc(N2CCCC2CN(C)C)n1. The Bertz CT molecular complexity index is 350. The van der Waals surface area contributed by atoms with E-state index in [1.165, 1.54) is 18.0 Å². The molecule has 0 aromatic carbocycles. The van der Waals surface area contributed by atoms with Gasteiger partial charge in [-0.05, 0) is 34.0 Å². The summed E-state index contributed by atoms with van der Waals surface area (Å²) in [5, 5.41) is 6.51. The van der Waals surface area contributed by atoms with Crippen molar-refractivity contribution >= 4 is 16.5 Å². The fourth-order valence-corrected chi connectivity index (χ4v) is 3.31. The molecule has 1 aromatic rings. The third-order valence-electron chi connectivity index (χ3n) is 3.10. The molecular weight excluding hydrogens is 232 g/mol. The van der Waals surface area contributed by atoms with Crippen molar-refractivity contribution in [3.05, 3.63) is 11.1 Å². The highest BCUT2D eigenvalue weighted by atomic mass is 32.1. The van der Waals surface area contributed by atoms with Gasteiger partial charge < -0.3 is 15.1 Å². The molecule has 0 spiro atoms. The molecule has 0 aliphatic carbocycles.